The Kier molecular flexibility index (Phi) is 7.00. The van der Waals surface area contributed by atoms with Crippen molar-refractivity contribution in [3.05, 3.63) is 51.6 Å². The Hall–Kier alpha value is -1.88. The number of hydrogen-bond acceptors (Lipinski definition) is 3. The highest BCUT2D eigenvalue weighted by molar-refractivity contribution is 9.10. The number of aromatic nitrogens is 1. The van der Waals surface area contributed by atoms with Crippen LogP contribution in [-0.4, -0.2) is 35.9 Å². The van der Waals surface area contributed by atoms with E-state index >= 15 is 0 Å². The van der Waals surface area contributed by atoms with Gasteiger partial charge in [0, 0.05) is 20.0 Å². The van der Waals surface area contributed by atoms with Gasteiger partial charge >= 0.3 is 0 Å². The summed E-state index contributed by atoms with van der Waals surface area (Å²) >= 11 is 3.56. The summed E-state index contributed by atoms with van der Waals surface area (Å²) in [5.74, 6) is 0.612. The molecule has 4 nitrogen and oxygen atoms in total. The zero-order chi connectivity index (χ0) is 18.4. The van der Waals surface area contributed by atoms with E-state index in [0.29, 0.717) is 5.88 Å². The van der Waals surface area contributed by atoms with Crippen molar-refractivity contribution in [1.29, 1.82) is 0 Å². The highest BCUT2D eigenvalue weighted by Gasteiger charge is 2.12. The SMILES string of the molecule is CCN(C)/C=N/c1cc(Br)c(OC(C)Cc2cccc(C)c2)nc1C. The van der Waals surface area contributed by atoms with Gasteiger partial charge in [-0.05, 0) is 55.3 Å². The predicted molar refractivity (Wildman–Crippen MR) is 108 cm³/mol. The molecule has 25 heavy (non-hydrogen) atoms. The van der Waals surface area contributed by atoms with E-state index in [-0.39, 0.29) is 6.10 Å². The van der Waals surface area contributed by atoms with E-state index in [9.17, 15) is 0 Å². The van der Waals surface area contributed by atoms with Crippen LogP contribution in [0.3, 0.4) is 0 Å². The van der Waals surface area contributed by atoms with E-state index in [2.05, 4.69) is 70.9 Å². The molecule has 0 aliphatic rings. The van der Waals surface area contributed by atoms with Gasteiger partial charge in [-0.1, -0.05) is 29.8 Å². The summed E-state index contributed by atoms with van der Waals surface area (Å²) in [5.41, 5.74) is 4.22. The maximum Gasteiger partial charge on any atom is 0.228 e. The standard InChI is InChI=1S/C20H26BrN3O/c1-6-24(5)13-22-19-12-18(21)20(23-16(19)4)25-15(3)11-17-9-7-8-14(2)10-17/h7-10,12-13,15H,6,11H2,1-5H3/b22-13+. The second-order valence-corrected chi connectivity index (χ2v) is 7.17. The minimum absolute atomic E-state index is 0.0329. The minimum Gasteiger partial charge on any atom is -0.473 e. The number of hydrogen-bond donors (Lipinski definition) is 0. The third kappa shape index (κ3) is 5.85. The number of aliphatic imine (C=N–C) groups is 1. The fourth-order valence-corrected chi connectivity index (χ4v) is 2.81. The van der Waals surface area contributed by atoms with Crippen molar-refractivity contribution >= 4 is 28.0 Å². The Morgan fingerprint density at radius 3 is 2.76 bits per heavy atom. The molecule has 0 fully saturated rings. The third-order valence-electron chi connectivity index (χ3n) is 3.92. The third-order valence-corrected chi connectivity index (χ3v) is 4.49. The topological polar surface area (TPSA) is 37.7 Å². The summed E-state index contributed by atoms with van der Waals surface area (Å²) in [7, 11) is 1.99. The van der Waals surface area contributed by atoms with Crippen LogP contribution in [0, 0.1) is 13.8 Å². The highest BCUT2D eigenvalue weighted by atomic mass is 79.9. The van der Waals surface area contributed by atoms with Gasteiger partial charge in [0.15, 0.2) is 0 Å². The second-order valence-electron chi connectivity index (χ2n) is 6.32. The van der Waals surface area contributed by atoms with Crippen LogP contribution in [0.4, 0.5) is 5.69 Å². The van der Waals surface area contributed by atoms with Gasteiger partial charge in [0.2, 0.25) is 5.88 Å². The van der Waals surface area contributed by atoms with Gasteiger partial charge in [-0.15, -0.1) is 0 Å². The minimum atomic E-state index is 0.0329. The van der Waals surface area contributed by atoms with Crippen LogP contribution in [0.15, 0.2) is 39.8 Å². The lowest BCUT2D eigenvalue weighted by Gasteiger charge is -2.16. The maximum absolute atomic E-state index is 6.05. The fraction of sp³-hybridized carbons (Fsp3) is 0.400. The van der Waals surface area contributed by atoms with Gasteiger partial charge in [0.05, 0.1) is 22.2 Å². The van der Waals surface area contributed by atoms with Crippen LogP contribution in [0.2, 0.25) is 0 Å². The summed E-state index contributed by atoms with van der Waals surface area (Å²) in [6.07, 6.45) is 2.69. The normalized spacial score (nSPS) is 12.4. The van der Waals surface area contributed by atoms with Crippen molar-refractivity contribution in [3.63, 3.8) is 0 Å². The Balaban J connectivity index is 2.09. The summed E-state index contributed by atoms with van der Waals surface area (Å²) in [4.78, 5) is 11.1. The summed E-state index contributed by atoms with van der Waals surface area (Å²) < 4.78 is 6.87. The molecule has 0 N–H and O–H groups in total. The lowest BCUT2D eigenvalue weighted by atomic mass is 10.1. The molecule has 1 heterocycles. The maximum atomic E-state index is 6.05. The van der Waals surface area contributed by atoms with E-state index in [0.717, 1.165) is 28.8 Å². The van der Waals surface area contributed by atoms with E-state index in [1.165, 1.54) is 11.1 Å². The first-order valence-corrected chi connectivity index (χ1v) is 9.32. The lowest BCUT2D eigenvalue weighted by Crippen LogP contribution is -2.16. The molecule has 1 atom stereocenters. The summed E-state index contributed by atoms with van der Waals surface area (Å²) in [6.45, 7) is 9.11. The monoisotopic (exact) mass is 403 g/mol. The van der Waals surface area contributed by atoms with Crippen molar-refractivity contribution in [2.75, 3.05) is 13.6 Å². The first kappa shape index (κ1) is 19.4. The van der Waals surface area contributed by atoms with E-state index < -0.39 is 0 Å². The number of ether oxygens (including phenoxy) is 1. The Morgan fingerprint density at radius 1 is 1.32 bits per heavy atom. The molecule has 1 aromatic heterocycles. The van der Waals surface area contributed by atoms with Gasteiger partial charge in [-0.2, -0.15) is 0 Å². The Labute approximate surface area is 159 Å². The number of nitrogens with zero attached hydrogens (tertiary/aromatic N) is 3. The number of aryl methyl sites for hydroxylation is 2. The predicted octanol–water partition coefficient (Wildman–Crippen LogP) is 5.08. The number of pyridine rings is 1. The van der Waals surface area contributed by atoms with Crippen molar-refractivity contribution in [3.8, 4) is 5.88 Å². The number of halogens is 1. The molecule has 0 bridgehead atoms. The van der Waals surface area contributed by atoms with Gasteiger partial charge in [0.25, 0.3) is 0 Å². The average Bonchev–Trinajstić information content (AvgIpc) is 2.56. The molecule has 0 saturated heterocycles. The van der Waals surface area contributed by atoms with E-state index in [4.69, 9.17) is 4.74 Å². The fourth-order valence-electron chi connectivity index (χ4n) is 2.41. The van der Waals surface area contributed by atoms with Crippen LogP contribution >= 0.6 is 15.9 Å². The molecule has 2 aromatic rings. The number of benzene rings is 1. The van der Waals surface area contributed by atoms with Crippen LogP contribution in [0.5, 0.6) is 5.88 Å². The van der Waals surface area contributed by atoms with Crippen molar-refractivity contribution in [1.82, 2.24) is 9.88 Å². The van der Waals surface area contributed by atoms with Gasteiger partial charge in [-0.3, -0.25) is 0 Å². The summed E-state index contributed by atoms with van der Waals surface area (Å²) in [5, 5.41) is 0. The molecule has 1 unspecified atom stereocenters. The second kappa shape index (κ2) is 8.99. The average molecular weight is 404 g/mol. The summed E-state index contributed by atoms with van der Waals surface area (Å²) in [6, 6.07) is 10.5. The molecule has 5 heteroatoms. The molecule has 0 radical (unpaired) electrons. The van der Waals surface area contributed by atoms with Gasteiger partial charge in [-0.25, -0.2) is 9.98 Å². The molecule has 0 aliphatic carbocycles. The van der Waals surface area contributed by atoms with Crippen LogP contribution in [0.25, 0.3) is 0 Å². The molecular weight excluding hydrogens is 378 g/mol. The van der Waals surface area contributed by atoms with Gasteiger partial charge < -0.3 is 9.64 Å². The number of rotatable bonds is 7. The molecule has 0 aliphatic heterocycles. The van der Waals surface area contributed by atoms with Crippen LogP contribution < -0.4 is 4.74 Å². The zero-order valence-corrected chi connectivity index (χ0v) is 17.2. The molecule has 1 aromatic carbocycles. The molecule has 0 amide bonds. The largest absolute Gasteiger partial charge is 0.473 e. The zero-order valence-electron chi connectivity index (χ0n) is 15.6. The van der Waals surface area contributed by atoms with Gasteiger partial charge in [0.1, 0.15) is 6.10 Å². The molecule has 0 saturated carbocycles. The van der Waals surface area contributed by atoms with Crippen LogP contribution in [0.1, 0.15) is 30.7 Å². The highest BCUT2D eigenvalue weighted by Crippen LogP contribution is 2.30. The Bertz CT molecular complexity index is 746. The molecular formula is C20H26BrN3O. The molecule has 2 rings (SSSR count). The van der Waals surface area contributed by atoms with Crippen molar-refractivity contribution in [2.45, 2.75) is 40.2 Å². The molecule has 134 valence electrons. The van der Waals surface area contributed by atoms with Crippen LogP contribution in [-0.2, 0) is 6.42 Å². The van der Waals surface area contributed by atoms with Crippen molar-refractivity contribution < 1.29 is 4.74 Å². The quantitative estimate of drug-likeness (QED) is 0.477. The smallest absolute Gasteiger partial charge is 0.228 e. The van der Waals surface area contributed by atoms with E-state index in [1.807, 2.05) is 31.3 Å². The Morgan fingerprint density at radius 2 is 2.08 bits per heavy atom. The first-order chi connectivity index (χ1) is 11.9. The van der Waals surface area contributed by atoms with Crippen molar-refractivity contribution in [2.24, 2.45) is 4.99 Å². The lowest BCUT2D eigenvalue weighted by molar-refractivity contribution is 0.211. The van der Waals surface area contributed by atoms with E-state index in [1.54, 1.807) is 0 Å². The molecule has 0 spiro atoms. The first-order valence-electron chi connectivity index (χ1n) is 8.52.